The summed E-state index contributed by atoms with van der Waals surface area (Å²) in [6.45, 7) is 0.634. The van der Waals surface area contributed by atoms with E-state index < -0.39 is 11.8 Å². The van der Waals surface area contributed by atoms with Gasteiger partial charge in [0.05, 0.1) is 6.54 Å². The van der Waals surface area contributed by atoms with Crippen LogP contribution in [0.3, 0.4) is 0 Å². The van der Waals surface area contributed by atoms with Crippen molar-refractivity contribution in [1.82, 2.24) is 14.7 Å². The van der Waals surface area contributed by atoms with Crippen molar-refractivity contribution in [3.63, 3.8) is 0 Å². The summed E-state index contributed by atoms with van der Waals surface area (Å²) in [5, 5.41) is 0. The van der Waals surface area contributed by atoms with Crippen LogP contribution in [0.15, 0.2) is 36.4 Å². The van der Waals surface area contributed by atoms with E-state index in [4.69, 9.17) is 0 Å². The minimum atomic E-state index is -0.423. The molecule has 4 amide bonds. The maximum atomic E-state index is 14.7. The van der Waals surface area contributed by atoms with Gasteiger partial charge in [-0.05, 0) is 47.7 Å². The zero-order valence-corrected chi connectivity index (χ0v) is 16.0. The van der Waals surface area contributed by atoms with Crippen molar-refractivity contribution in [2.24, 2.45) is 0 Å². The summed E-state index contributed by atoms with van der Waals surface area (Å²) in [6.07, 6.45) is 2.14. The summed E-state index contributed by atoms with van der Waals surface area (Å²) in [7, 11) is 1.42. The standard InChI is InChI=1S/C22H20FN3O3/c1-24-20(27)12-25(22(24)29)10-15-3-2-14(9-19(15)23)13-4-7-18-16(8-13)11-26(21(18)28)17-5-6-17/h2-4,7-9,17H,5-6,10-12H2,1H3. The zero-order valence-electron chi connectivity index (χ0n) is 16.0. The lowest BCUT2D eigenvalue weighted by Gasteiger charge is -2.15. The Morgan fingerprint density at radius 1 is 1.00 bits per heavy atom. The summed E-state index contributed by atoms with van der Waals surface area (Å²) in [6, 6.07) is 10.5. The summed E-state index contributed by atoms with van der Waals surface area (Å²) in [4.78, 5) is 40.4. The molecular weight excluding hydrogens is 373 g/mol. The second-order valence-electron chi connectivity index (χ2n) is 7.93. The summed E-state index contributed by atoms with van der Waals surface area (Å²) < 4.78 is 14.7. The van der Waals surface area contributed by atoms with Crippen LogP contribution in [0.5, 0.6) is 0 Å². The number of urea groups is 1. The number of nitrogens with zero attached hydrogens (tertiary/aromatic N) is 3. The van der Waals surface area contributed by atoms with Gasteiger partial charge in [-0.2, -0.15) is 0 Å². The Morgan fingerprint density at radius 3 is 2.38 bits per heavy atom. The molecule has 0 bridgehead atoms. The molecule has 0 spiro atoms. The van der Waals surface area contributed by atoms with Crippen LogP contribution in [0.25, 0.3) is 11.1 Å². The Balaban J connectivity index is 1.37. The Morgan fingerprint density at radius 2 is 1.72 bits per heavy atom. The fourth-order valence-corrected chi connectivity index (χ4v) is 4.04. The summed E-state index contributed by atoms with van der Waals surface area (Å²) in [5.41, 5.74) is 3.65. The van der Waals surface area contributed by atoms with Crippen LogP contribution in [0.1, 0.15) is 34.3 Å². The van der Waals surface area contributed by atoms with Crippen LogP contribution < -0.4 is 0 Å². The van der Waals surface area contributed by atoms with Gasteiger partial charge in [0.25, 0.3) is 5.91 Å². The number of likely N-dealkylation sites (N-methyl/N-ethyl adjacent to an activating group) is 1. The molecule has 6 nitrogen and oxygen atoms in total. The monoisotopic (exact) mass is 393 g/mol. The molecule has 1 aliphatic carbocycles. The largest absolute Gasteiger partial charge is 0.331 e. The number of rotatable bonds is 4. The van der Waals surface area contributed by atoms with E-state index in [9.17, 15) is 18.8 Å². The maximum Gasteiger partial charge on any atom is 0.327 e. The smallest absolute Gasteiger partial charge is 0.327 e. The zero-order chi connectivity index (χ0) is 20.3. The first-order valence-electron chi connectivity index (χ1n) is 9.70. The van der Waals surface area contributed by atoms with Crippen molar-refractivity contribution in [2.45, 2.75) is 32.0 Å². The van der Waals surface area contributed by atoms with Crippen LogP contribution in [-0.4, -0.2) is 52.2 Å². The van der Waals surface area contributed by atoms with Gasteiger partial charge in [0, 0.05) is 30.8 Å². The molecule has 29 heavy (non-hydrogen) atoms. The van der Waals surface area contributed by atoms with Crippen LogP contribution in [0.2, 0.25) is 0 Å². The van der Waals surface area contributed by atoms with Gasteiger partial charge in [0.15, 0.2) is 0 Å². The highest BCUT2D eigenvalue weighted by Gasteiger charge is 2.38. The number of amides is 4. The molecule has 2 fully saturated rings. The highest BCUT2D eigenvalue weighted by atomic mass is 19.1. The first-order chi connectivity index (χ1) is 13.9. The molecule has 2 aromatic carbocycles. The van der Waals surface area contributed by atoms with Gasteiger partial charge in [0.1, 0.15) is 12.4 Å². The topological polar surface area (TPSA) is 60.9 Å². The average Bonchev–Trinajstić information content (AvgIpc) is 3.46. The van der Waals surface area contributed by atoms with Crippen LogP contribution in [0.4, 0.5) is 9.18 Å². The number of halogens is 1. The molecule has 0 aromatic heterocycles. The molecular formula is C22H20FN3O3. The predicted octanol–water partition coefficient (Wildman–Crippen LogP) is 3.00. The van der Waals surface area contributed by atoms with E-state index in [1.165, 1.54) is 18.0 Å². The highest BCUT2D eigenvalue weighted by Crippen LogP contribution is 2.36. The molecule has 1 saturated heterocycles. The minimum absolute atomic E-state index is 0.0349. The number of imide groups is 1. The van der Waals surface area contributed by atoms with E-state index in [2.05, 4.69) is 0 Å². The molecule has 0 radical (unpaired) electrons. The minimum Gasteiger partial charge on any atom is -0.331 e. The first-order valence-corrected chi connectivity index (χ1v) is 9.70. The number of carbonyl (C=O) groups excluding carboxylic acids is 3. The fourth-order valence-electron chi connectivity index (χ4n) is 4.04. The van der Waals surface area contributed by atoms with Gasteiger partial charge < -0.3 is 9.80 Å². The second kappa shape index (κ2) is 6.40. The summed E-state index contributed by atoms with van der Waals surface area (Å²) in [5.74, 6) is -0.626. The number of hydrogen-bond acceptors (Lipinski definition) is 3. The van der Waals surface area contributed by atoms with E-state index in [0.29, 0.717) is 23.7 Å². The fraction of sp³-hybridized carbons (Fsp3) is 0.318. The van der Waals surface area contributed by atoms with Gasteiger partial charge in [0.2, 0.25) is 5.91 Å². The highest BCUT2D eigenvalue weighted by molar-refractivity contribution is 6.01. The second-order valence-corrected chi connectivity index (χ2v) is 7.93. The van der Waals surface area contributed by atoms with E-state index >= 15 is 0 Å². The van der Waals surface area contributed by atoms with Crippen molar-refractivity contribution < 1.29 is 18.8 Å². The van der Waals surface area contributed by atoms with Crippen molar-refractivity contribution >= 4 is 17.8 Å². The van der Waals surface area contributed by atoms with Crippen molar-refractivity contribution in [3.8, 4) is 11.1 Å². The molecule has 7 heteroatoms. The molecule has 5 rings (SSSR count). The Kier molecular flexibility index (Phi) is 3.94. The molecule has 2 aromatic rings. The lowest BCUT2D eigenvalue weighted by Crippen LogP contribution is -2.29. The van der Waals surface area contributed by atoms with Crippen LogP contribution in [0, 0.1) is 5.82 Å². The molecule has 2 aliphatic heterocycles. The van der Waals surface area contributed by atoms with Crippen molar-refractivity contribution in [2.75, 3.05) is 13.6 Å². The van der Waals surface area contributed by atoms with E-state index in [1.807, 2.05) is 29.2 Å². The van der Waals surface area contributed by atoms with Gasteiger partial charge in [-0.25, -0.2) is 9.18 Å². The predicted molar refractivity (Wildman–Crippen MR) is 103 cm³/mol. The molecule has 2 heterocycles. The SMILES string of the molecule is CN1C(=O)CN(Cc2ccc(-c3ccc4c(c3)CN(C3CC3)C4=O)cc2F)C1=O. The van der Waals surface area contributed by atoms with E-state index in [-0.39, 0.29) is 24.9 Å². The lowest BCUT2D eigenvalue weighted by molar-refractivity contribution is -0.124. The molecule has 0 atom stereocenters. The number of hydrogen-bond donors (Lipinski definition) is 0. The quantitative estimate of drug-likeness (QED) is 0.751. The average molecular weight is 393 g/mol. The van der Waals surface area contributed by atoms with Crippen molar-refractivity contribution in [3.05, 3.63) is 58.9 Å². The third kappa shape index (κ3) is 2.97. The summed E-state index contributed by atoms with van der Waals surface area (Å²) >= 11 is 0. The number of carbonyl (C=O) groups is 3. The Hall–Kier alpha value is -3.22. The van der Waals surface area contributed by atoms with E-state index in [1.54, 1.807) is 6.07 Å². The third-order valence-electron chi connectivity index (χ3n) is 5.93. The Labute approximate surface area is 167 Å². The molecule has 148 valence electrons. The normalized spacial score (nSPS) is 18.8. The van der Waals surface area contributed by atoms with Gasteiger partial charge in [-0.3, -0.25) is 14.5 Å². The molecule has 0 unspecified atom stereocenters. The maximum absolute atomic E-state index is 14.7. The molecule has 0 N–H and O–H groups in total. The lowest BCUT2D eigenvalue weighted by atomic mass is 9.99. The van der Waals surface area contributed by atoms with Gasteiger partial charge in [-0.15, -0.1) is 0 Å². The molecule has 1 saturated carbocycles. The first kappa shape index (κ1) is 17.8. The number of fused-ring (bicyclic) bond motifs is 1. The van der Waals surface area contributed by atoms with Crippen LogP contribution in [-0.2, 0) is 17.9 Å². The number of benzene rings is 2. The van der Waals surface area contributed by atoms with Crippen LogP contribution >= 0.6 is 0 Å². The van der Waals surface area contributed by atoms with E-state index in [0.717, 1.165) is 34.4 Å². The van der Waals surface area contributed by atoms with Gasteiger partial charge >= 0.3 is 6.03 Å². The van der Waals surface area contributed by atoms with Crippen molar-refractivity contribution in [1.29, 1.82) is 0 Å². The Bertz CT molecular complexity index is 1060. The van der Waals surface area contributed by atoms with Gasteiger partial charge in [-0.1, -0.05) is 18.2 Å². The molecule has 3 aliphatic rings. The third-order valence-corrected chi connectivity index (χ3v) is 5.93.